The third kappa shape index (κ3) is 2.01. The summed E-state index contributed by atoms with van der Waals surface area (Å²) in [6.45, 7) is 4.13. The van der Waals surface area contributed by atoms with Crippen molar-refractivity contribution in [3.63, 3.8) is 0 Å². The van der Waals surface area contributed by atoms with E-state index in [4.69, 9.17) is 4.74 Å². The number of amides is 2. The Labute approximate surface area is 140 Å². The van der Waals surface area contributed by atoms with E-state index in [0.29, 0.717) is 0 Å². The Morgan fingerprint density at radius 1 is 0.875 bits per heavy atom. The molecule has 5 nitrogen and oxygen atoms in total. The molecule has 4 rings (SSSR count). The van der Waals surface area contributed by atoms with Crippen LogP contribution in [0.3, 0.4) is 0 Å². The summed E-state index contributed by atoms with van der Waals surface area (Å²) in [6, 6.07) is 14.2. The minimum atomic E-state index is -0.599. The van der Waals surface area contributed by atoms with E-state index in [1.54, 1.807) is 9.80 Å². The molecule has 2 heterocycles. The molecule has 2 aliphatic heterocycles. The average Bonchev–Trinajstić information content (AvgIpc) is 3.07. The molecule has 0 aromatic heterocycles. The molecule has 2 atom stereocenters. The molecule has 0 spiro atoms. The molecule has 24 heavy (non-hydrogen) atoms. The zero-order valence-electron chi connectivity index (χ0n) is 13.6. The molecule has 0 aliphatic carbocycles. The van der Waals surface area contributed by atoms with Crippen LogP contribution in [0.5, 0.6) is 0 Å². The van der Waals surface area contributed by atoms with Gasteiger partial charge >= 0.3 is 12.0 Å². The Kier molecular flexibility index (Phi) is 3.30. The molecule has 2 aromatic carbocycles. The summed E-state index contributed by atoms with van der Waals surface area (Å²) in [6.07, 6.45) is 0. The third-order valence-corrected chi connectivity index (χ3v) is 4.77. The van der Waals surface area contributed by atoms with Gasteiger partial charge < -0.3 is 4.74 Å². The summed E-state index contributed by atoms with van der Waals surface area (Å²) in [7, 11) is 0. The van der Waals surface area contributed by atoms with Crippen molar-refractivity contribution >= 4 is 23.4 Å². The number of rotatable bonds is 2. The Hall–Kier alpha value is -2.82. The fourth-order valence-corrected chi connectivity index (χ4v) is 3.57. The van der Waals surface area contributed by atoms with Crippen LogP contribution in [-0.4, -0.2) is 30.7 Å². The van der Waals surface area contributed by atoms with Gasteiger partial charge in [-0.3, -0.25) is 9.80 Å². The summed E-state index contributed by atoms with van der Waals surface area (Å²) < 4.78 is 5.28. The number of cyclic esters (lactones) is 1. The first-order valence-corrected chi connectivity index (χ1v) is 8.00. The van der Waals surface area contributed by atoms with Gasteiger partial charge in [-0.1, -0.05) is 36.4 Å². The van der Waals surface area contributed by atoms with Crippen LogP contribution in [0, 0.1) is 13.8 Å². The smallest absolute Gasteiger partial charge is 0.331 e. The van der Waals surface area contributed by atoms with Crippen molar-refractivity contribution in [3.05, 3.63) is 59.7 Å². The highest BCUT2D eigenvalue weighted by Crippen LogP contribution is 2.38. The van der Waals surface area contributed by atoms with E-state index in [9.17, 15) is 9.59 Å². The number of para-hydroxylation sites is 2. The maximum atomic E-state index is 13.2. The van der Waals surface area contributed by atoms with Crippen LogP contribution in [0.1, 0.15) is 11.1 Å². The predicted molar refractivity (Wildman–Crippen MR) is 91.2 cm³/mol. The fourth-order valence-electron chi connectivity index (χ4n) is 3.57. The number of anilines is 2. The number of nitrogens with zero attached hydrogens (tertiary/aromatic N) is 2. The lowest BCUT2D eigenvalue weighted by molar-refractivity contribution is -0.138. The highest BCUT2D eigenvalue weighted by molar-refractivity contribution is 6.13. The Balaban J connectivity index is 1.85. The number of carbonyl (C=O) groups excluding carboxylic acids is 2. The van der Waals surface area contributed by atoms with Gasteiger partial charge in [0.25, 0.3) is 0 Å². The van der Waals surface area contributed by atoms with Crippen molar-refractivity contribution in [3.8, 4) is 0 Å². The summed E-state index contributed by atoms with van der Waals surface area (Å²) in [5.41, 5.74) is 3.53. The van der Waals surface area contributed by atoms with Crippen LogP contribution in [-0.2, 0) is 9.53 Å². The molecule has 2 fully saturated rings. The second-order valence-corrected chi connectivity index (χ2v) is 6.24. The highest BCUT2D eigenvalue weighted by atomic mass is 16.5. The number of urea groups is 1. The van der Waals surface area contributed by atoms with Crippen molar-refractivity contribution in [1.29, 1.82) is 0 Å². The topological polar surface area (TPSA) is 49.9 Å². The number of aryl methyl sites for hydroxylation is 2. The normalized spacial score (nSPS) is 22.8. The number of fused-ring (bicyclic) bond motifs is 1. The average molecular weight is 322 g/mol. The van der Waals surface area contributed by atoms with Gasteiger partial charge in [-0.25, -0.2) is 9.59 Å². The molecule has 2 aliphatic rings. The first-order valence-electron chi connectivity index (χ1n) is 8.00. The van der Waals surface area contributed by atoms with Gasteiger partial charge in [-0.15, -0.1) is 0 Å². The molecular formula is C19H18N2O3. The number of benzene rings is 2. The SMILES string of the molecule is Cc1ccccc1N1C(=O)N(c2ccccc2C)C2C(=O)OCC21. The Bertz CT molecular complexity index is 833. The van der Waals surface area contributed by atoms with Gasteiger partial charge in [0.05, 0.1) is 0 Å². The zero-order valence-corrected chi connectivity index (χ0v) is 13.6. The minimum absolute atomic E-state index is 0.176. The van der Waals surface area contributed by atoms with Crippen LogP contribution in [0.2, 0.25) is 0 Å². The van der Waals surface area contributed by atoms with E-state index in [1.807, 2.05) is 62.4 Å². The molecule has 0 N–H and O–H groups in total. The molecule has 2 saturated heterocycles. The lowest BCUT2D eigenvalue weighted by atomic mass is 10.1. The Morgan fingerprint density at radius 3 is 2.00 bits per heavy atom. The second-order valence-electron chi connectivity index (χ2n) is 6.24. The summed E-state index contributed by atoms with van der Waals surface area (Å²) in [5, 5.41) is 0. The highest BCUT2D eigenvalue weighted by Gasteiger charge is 2.56. The van der Waals surface area contributed by atoms with Crippen LogP contribution >= 0.6 is 0 Å². The van der Waals surface area contributed by atoms with E-state index in [1.165, 1.54) is 0 Å². The number of hydrogen-bond acceptors (Lipinski definition) is 3. The molecule has 2 aromatic rings. The fraction of sp³-hybridized carbons (Fsp3) is 0.263. The standard InChI is InChI=1S/C19H18N2O3/c1-12-7-3-5-9-14(12)20-16-11-24-18(22)17(16)21(19(20)23)15-10-6-4-8-13(15)2/h3-10,16-17H,11H2,1-2H3. The van der Waals surface area contributed by atoms with Crippen LogP contribution < -0.4 is 9.80 Å². The molecule has 2 unspecified atom stereocenters. The van der Waals surface area contributed by atoms with Crippen LogP contribution in [0.15, 0.2) is 48.5 Å². The largest absolute Gasteiger partial charge is 0.462 e. The quantitative estimate of drug-likeness (QED) is 0.799. The minimum Gasteiger partial charge on any atom is -0.462 e. The first-order chi connectivity index (χ1) is 11.6. The zero-order chi connectivity index (χ0) is 16.8. The van der Waals surface area contributed by atoms with Crippen LogP contribution in [0.4, 0.5) is 16.2 Å². The van der Waals surface area contributed by atoms with Crippen LogP contribution in [0.25, 0.3) is 0 Å². The van der Waals surface area contributed by atoms with E-state index < -0.39 is 6.04 Å². The molecule has 2 amide bonds. The first kappa shape index (κ1) is 14.8. The monoisotopic (exact) mass is 322 g/mol. The maximum absolute atomic E-state index is 13.2. The molecular weight excluding hydrogens is 304 g/mol. The molecule has 5 heteroatoms. The van der Waals surface area contributed by atoms with Gasteiger partial charge in [0.2, 0.25) is 0 Å². The van der Waals surface area contributed by atoms with E-state index in [0.717, 1.165) is 22.5 Å². The number of carbonyl (C=O) groups is 2. The molecule has 0 bridgehead atoms. The van der Waals surface area contributed by atoms with Gasteiger partial charge in [0, 0.05) is 11.4 Å². The number of hydrogen-bond donors (Lipinski definition) is 0. The summed E-state index contributed by atoms with van der Waals surface area (Å²) in [4.78, 5) is 28.8. The van der Waals surface area contributed by atoms with E-state index >= 15 is 0 Å². The van der Waals surface area contributed by atoms with E-state index in [2.05, 4.69) is 0 Å². The predicted octanol–water partition coefficient (Wildman–Crippen LogP) is 3.04. The third-order valence-electron chi connectivity index (χ3n) is 4.77. The second kappa shape index (κ2) is 5.37. The lowest BCUT2D eigenvalue weighted by Gasteiger charge is -2.24. The van der Waals surface area contributed by atoms with Crippen molar-refractivity contribution in [2.24, 2.45) is 0 Å². The summed E-state index contributed by atoms with van der Waals surface area (Å²) >= 11 is 0. The van der Waals surface area contributed by atoms with Gasteiger partial charge in [0.1, 0.15) is 12.6 Å². The molecule has 0 radical (unpaired) electrons. The maximum Gasteiger partial charge on any atom is 0.331 e. The molecule has 0 saturated carbocycles. The van der Waals surface area contributed by atoms with Crippen molar-refractivity contribution in [1.82, 2.24) is 0 Å². The van der Waals surface area contributed by atoms with Gasteiger partial charge in [0.15, 0.2) is 6.04 Å². The van der Waals surface area contributed by atoms with Gasteiger partial charge in [-0.05, 0) is 37.1 Å². The van der Waals surface area contributed by atoms with Crippen molar-refractivity contribution in [2.45, 2.75) is 25.9 Å². The Morgan fingerprint density at radius 2 is 1.42 bits per heavy atom. The number of esters is 1. The van der Waals surface area contributed by atoms with Crippen molar-refractivity contribution < 1.29 is 14.3 Å². The van der Waals surface area contributed by atoms with Crippen molar-refractivity contribution in [2.75, 3.05) is 16.4 Å². The van der Waals surface area contributed by atoms with E-state index in [-0.39, 0.29) is 24.6 Å². The van der Waals surface area contributed by atoms with Gasteiger partial charge in [-0.2, -0.15) is 0 Å². The lowest BCUT2D eigenvalue weighted by Crippen LogP contribution is -2.39. The molecule has 122 valence electrons. The number of ether oxygens (including phenoxy) is 1. The summed E-state index contributed by atoms with van der Waals surface area (Å²) in [5.74, 6) is -0.340.